The Morgan fingerprint density at radius 1 is 1.13 bits per heavy atom. The third-order valence-corrected chi connectivity index (χ3v) is 6.86. The van der Waals surface area contributed by atoms with E-state index >= 15 is 0 Å². The highest BCUT2D eigenvalue weighted by Gasteiger charge is 2.33. The van der Waals surface area contributed by atoms with Gasteiger partial charge in [-0.2, -0.15) is 8.42 Å². The molecule has 8 heteroatoms. The first kappa shape index (κ1) is 19.7. The minimum Gasteiger partial charge on any atom is -0.366 e. The van der Waals surface area contributed by atoms with Crippen molar-refractivity contribution in [2.45, 2.75) is 17.9 Å². The van der Waals surface area contributed by atoms with Gasteiger partial charge < -0.3 is 4.90 Å². The summed E-state index contributed by atoms with van der Waals surface area (Å²) in [6.45, 7) is 6.17. The van der Waals surface area contributed by atoms with Gasteiger partial charge in [0.25, 0.3) is 10.1 Å². The molecule has 5 rings (SSSR count). The van der Waals surface area contributed by atoms with Gasteiger partial charge in [-0.1, -0.05) is 24.3 Å². The summed E-state index contributed by atoms with van der Waals surface area (Å²) in [5.41, 5.74) is 4.61. The lowest BCUT2D eigenvalue weighted by Gasteiger charge is -2.39. The Hall–Kier alpha value is -3.23. The van der Waals surface area contributed by atoms with Gasteiger partial charge in [0.05, 0.1) is 15.9 Å². The van der Waals surface area contributed by atoms with Gasteiger partial charge in [0.2, 0.25) is 0 Å². The summed E-state index contributed by atoms with van der Waals surface area (Å²) in [5.74, 6) is -0.494. The van der Waals surface area contributed by atoms with E-state index in [4.69, 9.17) is 4.18 Å². The van der Waals surface area contributed by atoms with Gasteiger partial charge in [-0.25, -0.2) is 9.37 Å². The molecule has 0 spiro atoms. The van der Waals surface area contributed by atoms with E-state index in [1.54, 1.807) is 36.4 Å². The average molecular weight is 437 g/mol. The van der Waals surface area contributed by atoms with E-state index in [2.05, 4.69) is 11.6 Å². The van der Waals surface area contributed by atoms with Crippen molar-refractivity contribution in [2.24, 2.45) is 0 Å². The van der Waals surface area contributed by atoms with Gasteiger partial charge in [-0.15, -0.1) is 0 Å². The lowest BCUT2D eigenvalue weighted by atomic mass is 10.1. The number of hydrogen-bond donors (Lipinski definition) is 0. The van der Waals surface area contributed by atoms with Crippen LogP contribution in [0.25, 0.3) is 22.5 Å². The molecular formula is C23H20FN3O3S. The van der Waals surface area contributed by atoms with Crippen molar-refractivity contribution in [3.63, 3.8) is 0 Å². The molecule has 1 aliphatic heterocycles. The van der Waals surface area contributed by atoms with Crippen LogP contribution >= 0.6 is 0 Å². The fraction of sp³-hybridized carbons (Fsp3) is 0.174. The molecule has 0 atom stereocenters. The van der Waals surface area contributed by atoms with E-state index in [1.807, 2.05) is 40.6 Å². The largest absolute Gasteiger partial charge is 0.366 e. The standard InChI is InChI=1S/C23H20FN3O3S/c1-15-3-6-20(7-4-15)31(28,29)30-19-13-26(14-19)18-9-10-27-22-8-5-17(16(2)24)11-21(22)25-23(27)12-18/h3-12,19H,2,13-14H2,1H3. The van der Waals surface area contributed by atoms with Crippen LogP contribution in [0.2, 0.25) is 0 Å². The Morgan fingerprint density at radius 2 is 1.87 bits per heavy atom. The Kier molecular flexibility index (Phi) is 4.56. The maximum absolute atomic E-state index is 13.4. The van der Waals surface area contributed by atoms with Crippen molar-refractivity contribution in [1.82, 2.24) is 9.38 Å². The first-order valence-corrected chi connectivity index (χ1v) is 11.2. The molecule has 4 aromatic rings. The number of aryl methyl sites for hydroxylation is 1. The number of pyridine rings is 1. The molecule has 1 fully saturated rings. The third kappa shape index (κ3) is 3.58. The number of anilines is 1. The summed E-state index contributed by atoms with van der Waals surface area (Å²) in [6, 6.07) is 15.7. The molecule has 6 nitrogen and oxygen atoms in total. The summed E-state index contributed by atoms with van der Waals surface area (Å²) in [4.78, 5) is 6.78. The third-order valence-electron chi connectivity index (χ3n) is 5.49. The molecule has 31 heavy (non-hydrogen) atoms. The van der Waals surface area contributed by atoms with Crippen LogP contribution in [0, 0.1) is 6.92 Å². The average Bonchev–Trinajstić information content (AvgIpc) is 3.07. The molecule has 0 radical (unpaired) electrons. The lowest BCUT2D eigenvalue weighted by Crippen LogP contribution is -2.53. The Balaban J connectivity index is 1.32. The molecule has 0 bridgehead atoms. The van der Waals surface area contributed by atoms with Crippen LogP contribution in [0.1, 0.15) is 11.1 Å². The number of halogens is 1. The molecule has 1 aliphatic rings. The molecular weight excluding hydrogens is 417 g/mol. The maximum atomic E-state index is 13.4. The maximum Gasteiger partial charge on any atom is 0.297 e. The number of nitrogens with zero attached hydrogens (tertiary/aromatic N) is 3. The zero-order valence-electron chi connectivity index (χ0n) is 16.8. The Bertz CT molecular complexity index is 1420. The number of rotatable bonds is 5. The molecule has 158 valence electrons. The molecule has 0 N–H and O–H groups in total. The van der Waals surface area contributed by atoms with Crippen molar-refractivity contribution < 1.29 is 17.0 Å². The van der Waals surface area contributed by atoms with Gasteiger partial charge in [-0.3, -0.25) is 8.58 Å². The van der Waals surface area contributed by atoms with Crippen LogP contribution in [-0.4, -0.2) is 37.0 Å². The quantitative estimate of drug-likeness (QED) is 0.435. The summed E-state index contributed by atoms with van der Waals surface area (Å²) in [7, 11) is -3.79. The summed E-state index contributed by atoms with van der Waals surface area (Å²) < 4.78 is 45.7. The second kappa shape index (κ2) is 7.18. The minimum atomic E-state index is -3.79. The van der Waals surface area contributed by atoms with E-state index in [0.29, 0.717) is 24.2 Å². The van der Waals surface area contributed by atoms with Gasteiger partial charge in [0.1, 0.15) is 17.6 Å². The predicted molar refractivity (Wildman–Crippen MR) is 118 cm³/mol. The van der Waals surface area contributed by atoms with E-state index in [9.17, 15) is 12.8 Å². The Morgan fingerprint density at radius 3 is 2.58 bits per heavy atom. The molecule has 0 saturated carbocycles. The zero-order valence-corrected chi connectivity index (χ0v) is 17.6. The number of aromatic nitrogens is 2. The normalized spacial score (nSPS) is 14.8. The van der Waals surface area contributed by atoms with Crippen LogP contribution in [0.15, 0.2) is 72.3 Å². The van der Waals surface area contributed by atoms with Crippen molar-refractivity contribution >= 4 is 38.3 Å². The van der Waals surface area contributed by atoms with Crippen molar-refractivity contribution in [2.75, 3.05) is 18.0 Å². The topological polar surface area (TPSA) is 63.9 Å². The molecule has 2 aromatic heterocycles. The van der Waals surface area contributed by atoms with Gasteiger partial charge >= 0.3 is 0 Å². The molecule has 0 unspecified atom stereocenters. The van der Waals surface area contributed by atoms with E-state index in [1.165, 1.54) is 0 Å². The van der Waals surface area contributed by atoms with Crippen LogP contribution in [0.3, 0.4) is 0 Å². The highest BCUT2D eigenvalue weighted by molar-refractivity contribution is 7.86. The van der Waals surface area contributed by atoms with Crippen LogP contribution in [0.5, 0.6) is 0 Å². The molecule has 3 heterocycles. The highest BCUT2D eigenvalue weighted by Crippen LogP contribution is 2.28. The minimum absolute atomic E-state index is 0.164. The van der Waals surface area contributed by atoms with Crippen LogP contribution in [-0.2, 0) is 14.3 Å². The van der Waals surface area contributed by atoms with Gasteiger partial charge in [-0.05, 0) is 43.3 Å². The molecule has 0 aliphatic carbocycles. The molecule has 0 amide bonds. The smallest absolute Gasteiger partial charge is 0.297 e. The Labute approximate surface area is 179 Å². The monoisotopic (exact) mass is 437 g/mol. The lowest BCUT2D eigenvalue weighted by molar-refractivity contribution is 0.175. The fourth-order valence-electron chi connectivity index (χ4n) is 3.72. The first-order chi connectivity index (χ1) is 14.8. The highest BCUT2D eigenvalue weighted by atomic mass is 32.2. The summed E-state index contributed by atoms with van der Waals surface area (Å²) in [5, 5.41) is 0. The SMILES string of the molecule is C=C(F)c1ccc2c(c1)nc1cc(N3CC(OS(=O)(=O)c4ccc(C)cc4)C3)ccn12. The first-order valence-electron chi connectivity index (χ1n) is 9.82. The van der Waals surface area contributed by atoms with Gasteiger partial charge in [0, 0.05) is 36.6 Å². The number of imidazole rings is 1. The van der Waals surface area contributed by atoms with Crippen molar-refractivity contribution in [1.29, 1.82) is 0 Å². The number of benzene rings is 2. The van der Waals surface area contributed by atoms with Crippen LogP contribution < -0.4 is 4.90 Å². The number of hydrogen-bond acceptors (Lipinski definition) is 5. The van der Waals surface area contributed by atoms with Crippen molar-refractivity contribution in [3.8, 4) is 0 Å². The zero-order chi connectivity index (χ0) is 21.8. The number of fused-ring (bicyclic) bond motifs is 3. The summed E-state index contributed by atoms with van der Waals surface area (Å²) >= 11 is 0. The van der Waals surface area contributed by atoms with E-state index < -0.39 is 22.0 Å². The van der Waals surface area contributed by atoms with E-state index in [0.717, 1.165) is 22.4 Å². The summed E-state index contributed by atoms with van der Waals surface area (Å²) in [6.07, 6.45) is 1.50. The van der Waals surface area contributed by atoms with Crippen molar-refractivity contribution in [3.05, 3.63) is 78.5 Å². The predicted octanol–water partition coefficient (Wildman–Crippen LogP) is 4.33. The second-order valence-corrected chi connectivity index (χ2v) is 9.30. The van der Waals surface area contributed by atoms with Crippen LogP contribution in [0.4, 0.5) is 10.1 Å². The molecule has 1 saturated heterocycles. The van der Waals surface area contributed by atoms with Gasteiger partial charge in [0.15, 0.2) is 0 Å². The van der Waals surface area contributed by atoms with E-state index in [-0.39, 0.29) is 4.90 Å². The molecule has 2 aromatic carbocycles. The fourth-order valence-corrected chi connectivity index (χ4v) is 4.78. The second-order valence-electron chi connectivity index (χ2n) is 7.72.